The number of carbonyl (C=O) groups excluding carboxylic acids is 2. The van der Waals surface area contributed by atoms with Gasteiger partial charge in [0.1, 0.15) is 12.7 Å². The Morgan fingerprint density at radius 2 is 2.14 bits per heavy atom. The third-order valence-corrected chi connectivity index (χ3v) is 2.91. The first kappa shape index (κ1) is 15.0. The van der Waals surface area contributed by atoms with Crippen LogP contribution in [0.3, 0.4) is 0 Å². The number of hydrogen-bond donors (Lipinski definition) is 2. The van der Waals surface area contributed by atoms with Crippen molar-refractivity contribution in [2.75, 3.05) is 10.6 Å². The number of hydrogen-bond acceptors (Lipinski definition) is 4. The van der Waals surface area contributed by atoms with E-state index in [1.54, 1.807) is 29.2 Å². The largest absolute Gasteiger partial charge is 0.326 e. The van der Waals surface area contributed by atoms with Crippen LogP contribution in [0, 0.1) is 0 Å². The van der Waals surface area contributed by atoms with Crippen LogP contribution in [-0.2, 0) is 16.1 Å². The molecule has 110 valence electrons. The smallest absolute Gasteiger partial charge is 0.226 e. The van der Waals surface area contributed by atoms with E-state index in [9.17, 15) is 9.59 Å². The van der Waals surface area contributed by atoms with E-state index in [1.165, 1.54) is 13.3 Å². The summed E-state index contributed by atoms with van der Waals surface area (Å²) in [5, 5.41) is 9.60. The number of amides is 2. The molecule has 0 atom stereocenters. The zero-order valence-electron chi connectivity index (χ0n) is 11.3. The first-order valence-electron chi connectivity index (χ1n) is 6.24. The van der Waals surface area contributed by atoms with Gasteiger partial charge in [-0.3, -0.25) is 14.3 Å². The molecule has 0 radical (unpaired) electrons. The van der Waals surface area contributed by atoms with E-state index in [-0.39, 0.29) is 18.2 Å². The average Bonchev–Trinajstić information content (AvgIpc) is 2.92. The fourth-order valence-corrected chi connectivity index (χ4v) is 1.90. The van der Waals surface area contributed by atoms with E-state index in [2.05, 4.69) is 20.7 Å². The molecule has 0 unspecified atom stereocenters. The summed E-state index contributed by atoms with van der Waals surface area (Å²) in [6, 6.07) is 4.89. The molecule has 1 aromatic carbocycles. The maximum absolute atomic E-state index is 11.8. The molecule has 1 heterocycles. The molecular weight excluding hydrogens is 294 g/mol. The summed E-state index contributed by atoms with van der Waals surface area (Å²) in [7, 11) is 0. The molecular formula is C13H14ClN5O2. The van der Waals surface area contributed by atoms with Crippen molar-refractivity contribution in [1.82, 2.24) is 14.8 Å². The first-order valence-corrected chi connectivity index (χ1v) is 6.62. The molecule has 0 saturated carbocycles. The fraction of sp³-hybridized carbons (Fsp3) is 0.231. The van der Waals surface area contributed by atoms with Crippen molar-refractivity contribution >= 4 is 34.8 Å². The summed E-state index contributed by atoms with van der Waals surface area (Å²) in [5.74, 6) is -0.365. The van der Waals surface area contributed by atoms with Gasteiger partial charge in [0.05, 0.1) is 17.3 Å². The third kappa shape index (κ3) is 4.57. The van der Waals surface area contributed by atoms with Crippen molar-refractivity contribution in [1.29, 1.82) is 0 Å². The van der Waals surface area contributed by atoms with Crippen molar-refractivity contribution in [3.8, 4) is 0 Å². The molecule has 2 amide bonds. The van der Waals surface area contributed by atoms with Gasteiger partial charge in [-0.1, -0.05) is 11.6 Å². The number of halogens is 1. The molecule has 0 saturated heterocycles. The number of anilines is 2. The molecule has 0 aliphatic rings. The number of nitrogens with one attached hydrogen (secondary N) is 2. The lowest BCUT2D eigenvalue weighted by atomic mass is 10.2. The SMILES string of the molecule is CC(=O)Nc1ccc(NC(=O)CCn2cncn2)cc1Cl. The van der Waals surface area contributed by atoms with Crippen LogP contribution in [0.2, 0.25) is 5.02 Å². The van der Waals surface area contributed by atoms with Crippen molar-refractivity contribution in [3.05, 3.63) is 35.9 Å². The third-order valence-electron chi connectivity index (χ3n) is 2.60. The Hall–Kier alpha value is -2.41. The molecule has 0 spiro atoms. The minimum Gasteiger partial charge on any atom is -0.326 e. The van der Waals surface area contributed by atoms with Gasteiger partial charge < -0.3 is 10.6 Å². The predicted octanol–water partition coefficient (Wildman–Crippen LogP) is 1.92. The van der Waals surface area contributed by atoms with Gasteiger partial charge in [-0.2, -0.15) is 5.10 Å². The number of rotatable bonds is 5. The van der Waals surface area contributed by atoms with Gasteiger partial charge in [-0.25, -0.2) is 4.98 Å². The summed E-state index contributed by atoms with van der Waals surface area (Å²) in [5.41, 5.74) is 1.07. The lowest BCUT2D eigenvalue weighted by Gasteiger charge is -2.09. The van der Waals surface area contributed by atoms with Gasteiger partial charge in [0.25, 0.3) is 0 Å². The Kier molecular flexibility index (Phi) is 4.89. The van der Waals surface area contributed by atoms with Gasteiger partial charge in [-0.15, -0.1) is 0 Å². The van der Waals surface area contributed by atoms with E-state index >= 15 is 0 Å². The van der Waals surface area contributed by atoms with Crippen LogP contribution in [0.25, 0.3) is 0 Å². The molecule has 21 heavy (non-hydrogen) atoms. The normalized spacial score (nSPS) is 10.2. The van der Waals surface area contributed by atoms with Gasteiger partial charge in [0.2, 0.25) is 11.8 Å². The first-order chi connectivity index (χ1) is 10.0. The highest BCUT2D eigenvalue weighted by Crippen LogP contribution is 2.25. The monoisotopic (exact) mass is 307 g/mol. The van der Waals surface area contributed by atoms with E-state index in [0.717, 1.165) is 0 Å². The Morgan fingerprint density at radius 1 is 1.33 bits per heavy atom. The van der Waals surface area contributed by atoms with Crippen molar-refractivity contribution in [2.24, 2.45) is 0 Å². The minimum absolute atomic E-state index is 0.158. The highest BCUT2D eigenvalue weighted by atomic mass is 35.5. The zero-order chi connectivity index (χ0) is 15.2. The van der Waals surface area contributed by atoms with Crippen LogP contribution in [0.15, 0.2) is 30.9 Å². The summed E-state index contributed by atoms with van der Waals surface area (Å²) in [6.45, 7) is 1.85. The summed E-state index contributed by atoms with van der Waals surface area (Å²) in [4.78, 5) is 26.6. The maximum Gasteiger partial charge on any atom is 0.226 e. The number of aromatic nitrogens is 3. The van der Waals surface area contributed by atoms with Crippen molar-refractivity contribution in [3.63, 3.8) is 0 Å². The van der Waals surface area contributed by atoms with E-state index in [0.29, 0.717) is 22.9 Å². The number of nitrogens with zero attached hydrogens (tertiary/aromatic N) is 3. The standard InChI is InChI=1S/C13H14ClN5O2/c1-9(20)17-12-3-2-10(6-11(12)14)18-13(21)4-5-19-8-15-7-16-19/h2-3,6-8H,4-5H2,1H3,(H,17,20)(H,18,21). The number of carbonyl (C=O) groups is 2. The second-order valence-corrected chi connectivity index (χ2v) is 4.74. The van der Waals surface area contributed by atoms with Crippen molar-refractivity contribution in [2.45, 2.75) is 19.9 Å². The molecule has 2 aromatic rings. The molecule has 2 N–H and O–H groups in total. The zero-order valence-corrected chi connectivity index (χ0v) is 12.1. The molecule has 2 rings (SSSR count). The van der Waals surface area contributed by atoms with Crippen LogP contribution >= 0.6 is 11.6 Å². The summed E-state index contributed by atoms with van der Waals surface area (Å²) >= 11 is 6.03. The lowest BCUT2D eigenvalue weighted by Crippen LogP contribution is -2.15. The Balaban J connectivity index is 1.91. The van der Waals surface area contributed by atoms with Gasteiger partial charge in [0, 0.05) is 19.0 Å². The summed E-state index contributed by atoms with van der Waals surface area (Å²) < 4.78 is 1.58. The van der Waals surface area contributed by atoms with Gasteiger partial charge >= 0.3 is 0 Å². The van der Waals surface area contributed by atoms with E-state index in [4.69, 9.17) is 11.6 Å². The summed E-state index contributed by atoms with van der Waals surface area (Å²) in [6.07, 6.45) is 3.24. The second kappa shape index (κ2) is 6.85. The Labute approximate surface area is 126 Å². The van der Waals surface area contributed by atoms with Crippen LogP contribution < -0.4 is 10.6 Å². The average molecular weight is 308 g/mol. The molecule has 1 aromatic heterocycles. The fourth-order valence-electron chi connectivity index (χ4n) is 1.67. The molecule has 0 aliphatic heterocycles. The highest BCUT2D eigenvalue weighted by molar-refractivity contribution is 6.34. The molecule has 0 aliphatic carbocycles. The Morgan fingerprint density at radius 3 is 2.76 bits per heavy atom. The van der Waals surface area contributed by atoms with Gasteiger partial charge in [-0.05, 0) is 18.2 Å². The number of aryl methyl sites for hydroxylation is 1. The molecule has 0 fully saturated rings. The Bertz CT molecular complexity index is 642. The van der Waals surface area contributed by atoms with Crippen LogP contribution in [0.5, 0.6) is 0 Å². The molecule has 0 bridgehead atoms. The quantitative estimate of drug-likeness (QED) is 0.883. The molecule has 8 heteroatoms. The molecule has 7 nitrogen and oxygen atoms in total. The number of benzene rings is 1. The van der Waals surface area contributed by atoms with Crippen LogP contribution in [0.1, 0.15) is 13.3 Å². The minimum atomic E-state index is -0.207. The van der Waals surface area contributed by atoms with E-state index < -0.39 is 0 Å². The highest BCUT2D eigenvalue weighted by Gasteiger charge is 2.07. The predicted molar refractivity (Wildman–Crippen MR) is 79.0 cm³/mol. The van der Waals surface area contributed by atoms with Crippen molar-refractivity contribution < 1.29 is 9.59 Å². The lowest BCUT2D eigenvalue weighted by molar-refractivity contribution is -0.116. The maximum atomic E-state index is 11.8. The van der Waals surface area contributed by atoms with Crippen LogP contribution in [0.4, 0.5) is 11.4 Å². The van der Waals surface area contributed by atoms with Crippen LogP contribution in [-0.4, -0.2) is 26.6 Å². The van der Waals surface area contributed by atoms with E-state index in [1.807, 2.05) is 0 Å². The topological polar surface area (TPSA) is 88.9 Å². The van der Waals surface area contributed by atoms with Gasteiger partial charge in [0.15, 0.2) is 0 Å². The second-order valence-electron chi connectivity index (χ2n) is 4.33.